The number of aliphatic hydroxyl groups is 11. The highest BCUT2D eigenvalue weighted by Gasteiger charge is 2.52. The zero-order chi connectivity index (χ0) is 50.8. The van der Waals surface area contributed by atoms with Crippen LogP contribution in [0, 0.1) is 20.8 Å². The van der Waals surface area contributed by atoms with Gasteiger partial charge in [0.15, 0.2) is 12.6 Å². The van der Waals surface area contributed by atoms with Crippen LogP contribution in [-0.4, -0.2) is 292 Å². The number of hydrogen-bond acceptors (Lipinski definition) is 28. The molecule has 4 saturated heterocycles. The maximum Gasteiger partial charge on any atom is 0.187 e. The van der Waals surface area contributed by atoms with Crippen molar-refractivity contribution in [1.29, 1.82) is 0 Å². The molecule has 0 amide bonds. The Balaban J connectivity index is 0.000000360. The van der Waals surface area contributed by atoms with Gasteiger partial charge in [0.25, 0.3) is 0 Å². The van der Waals surface area contributed by atoms with Crippen LogP contribution in [0.3, 0.4) is 0 Å². The summed E-state index contributed by atoms with van der Waals surface area (Å²) in [6.45, 7) is 2.55. The minimum Gasteiger partial charge on any atom is -0.737 e. The van der Waals surface area contributed by atoms with Crippen LogP contribution >= 0.6 is 0 Å². The number of nitrogens with one attached hydrogen (secondary N) is 2. The first-order chi connectivity index (χ1) is 32.4. The largest absolute Gasteiger partial charge is 0.737 e. The second-order valence-corrected chi connectivity index (χ2v) is 16.2. The summed E-state index contributed by atoms with van der Waals surface area (Å²) in [5, 5.41) is 168. The van der Waals surface area contributed by atoms with E-state index in [-0.39, 0.29) is 62.4 Å². The molecule has 32 nitrogen and oxygen atoms in total. The van der Waals surface area contributed by atoms with E-state index in [4.69, 9.17) is 48.7 Å². The molecule has 20 atom stereocenters. The summed E-state index contributed by atoms with van der Waals surface area (Å²) in [4.78, 5) is -0.354. The molecule has 0 aromatic heterocycles. The molecule has 4 fully saturated rings. The number of nitrogens with zero attached hydrogens (tertiary/aromatic N) is 6. The van der Waals surface area contributed by atoms with Crippen LogP contribution < -0.4 is 16.4 Å². The van der Waals surface area contributed by atoms with Gasteiger partial charge in [0.2, 0.25) is 0 Å². The molecule has 15 N–H and O–H groups in total. The predicted octanol–water partition coefficient (Wildman–Crippen LogP) is -8.85. The first-order valence-corrected chi connectivity index (χ1v) is 21.9. The Kier molecular flexibility index (Phi) is 25.7. The van der Waals surface area contributed by atoms with Crippen molar-refractivity contribution < 1.29 is 104 Å². The second kappa shape index (κ2) is 29.5. The normalized spacial score (nSPS) is 39.2. The minimum absolute atomic E-state index is 0.0190. The van der Waals surface area contributed by atoms with Gasteiger partial charge in [-0.15, -0.1) is 10.0 Å². The number of hydrazine groups is 2. The summed E-state index contributed by atoms with van der Waals surface area (Å²) in [6.07, 6.45) is -25.1. The highest BCUT2D eigenvalue weighted by atomic mass is 16.7. The summed E-state index contributed by atoms with van der Waals surface area (Å²) in [5.41, 5.74) is 5.41. The molecular formula is C36H71N9O23-2. The van der Waals surface area contributed by atoms with Gasteiger partial charge >= 0.3 is 0 Å². The molecule has 0 bridgehead atoms. The molecule has 4 rings (SSSR count). The predicted molar refractivity (Wildman–Crippen MR) is 223 cm³/mol. The van der Waals surface area contributed by atoms with Gasteiger partial charge in [-0.3, -0.25) is 0 Å². The molecule has 4 aliphatic heterocycles. The lowest BCUT2D eigenvalue weighted by Crippen LogP contribution is -2.65. The molecule has 0 radical (unpaired) electrons. The monoisotopic (exact) mass is 997 g/mol. The average Bonchev–Trinajstić information content (AvgIpc) is 3.33. The lowest BCUT2D eigenvalue weighted by Gasteiger charge is -2.46. The van der Waals surface area contributed by atoms with Crippen LogP contribution in [-0.2, 0) is 37.9 Å². The van der Waals surface area contributed by atoms with E-state index in [9.17, 15) is 71.9 Å². The lowest BCUT2D eigenvalue weighted by molar-refractivity contribution is -0.692. The van der Waals surface area contributed by atoms with Gasteiger partial charge in [0.05, 0.1) is 51.7 Å². The molecule has 0 aromatic rings. The zero-order valence-corrected chi connectivity index (χ0v) is 38.1. The maximum absolute atomic E-state index is 11.9. The Labute approximate surface area is 390 Å². The van der Waals surface area contributed by atoms with Crippen LogP contribution in [0.5, 0.6) is 0 Å². The standard InChI is InChI=1S/C18H37N5O11.C18H36N4O12/c1-9-12(25)13(26)17(11(8-24)32-9)34-18-15(28)14(27)16(31-2)10(33-18)7-22(23(30)21-29)6-5-20-4-3-19;1-9-12(25)13(26)17(11(8-24)32-9)34-18-15(28)14(27)16(31-2)10(33-18)7-19-3-4-21(5-6-23)22(30)20-29/h9-18,20,24-29H,3-8,19H2,1-2H3;9-19,23-29H,3-8H2,1-2H3/p-2/b23-21-;22-20-/t2*9-,10-,11-,12+,13-,14-,15-,16-,17?,18-/m11/s1. The van der Waals surface area contributed by atoms with Gasteiger partial charge in [-0.2, -0.15) is 0 Å². The fourth-order valence-electron chi connectivity index (χ4n) is 7.96. The van der Waals surface area contributed by atoms with E-state index in [1.807, 2.05) is 0 Å². The van der Waals surface area contributed by atoms with Gasteiger partial charge in [0, 0.05) is 56.9 Å². The molecule has 0 aromatic carbocycles. The molecule has 400 valence electrons. The van der Waals surface area contributed by atoms with Crippen molar-refractivity contribution in [3.8, 4) is 0 Å². The molecule has 0 spiro atoms. The summed E-state index contributed by atoms with van der Waals surface area (Å²) in [6, 6.07) is 0. The highest BCUT2D eigenvalue weighted by molar-refractivity contribution is 4.97. The van der Waals surface area contributed by atoms with Crippen molar-refractivity contribution in [3.05, 3.63) is 20.8 Å². The van der Waals surface area contributed by atoms with Crippen LogP contribution in [0.2, 0.25) is 0 Å². The van der Waals surface area contributed by atoms with Crippen molar-refractivity contribution in [2.75, 3.05) is 92.9 Å². The van der Waals surface area contributed by atoms with Crippen LogP contribution in [0.15, 0.2) is 10.6 Å². The molecule has 4 aliphatic rings. The molecular weight excluding hydrogens is 926 g/mol. The number of methoxy groups -OCH3 is 2. The van der Waals surface area contributed by atoms with Crippen LogP contribution in [0.1, 0.15) is 13.8 Å². The van der Waals surface area contributed by atoms with Crippen molar-refractivity contribution in [1.82, 2.24) is 20.7 Å². The van der Waals surface area contributed by atoms with Crippen molar-refractivity contribution in [2.45, 2.75) is 136 Å². The Bertz CT molecular complexity index is 1470. The Morgan fingerprint density at radius 2 is 0.985 bits per heavy atom. The third-order valence-corrected chi connectivity index (χ3v) is 11.7. The minimum atomic E-state index is -1.66. The van der Waals surface area contributed by atoms with Gasteiger partial charge in [-0.1, -0.05) is 0 Å². The van der Waals surface area contributed by atoms with Gasteiger partial charge in [-0.25, -0.2) is 0 Å². The summed E-state index contributed by atoms with van der Waals surface area (Å²) < 4.78 is 44.2. The second-order valence-electron chi connectivity index (χ2n) is 16.2. The molecule has 0 saturated carbocycles. The van der Waals surface area contributed by atoms with Crippen LogP contribution in [0.25, 0.3) is 0 Å². The van der Waals surface area contributed by atoms with E-state index < -0.39 is 136 Å². The topological polar surface area (TPSA) is 476 Å². The first-order valence-electron chi connectivity index (χ1n) is 21.9. The fraction of sp³-hybridized carbons (Fsp3) is 1.00. The van der Waals surface area contributed by atoms with E-state index in [0.29, 0.717) is 13.1 Å². The number of aliphatic hydroxyl groups excluding tert-OH is 11. The van der Waals surface area contributed by atoms with Gasteiger partial charge in [-0.05, 0) is 24.4 Å². The average molecular weight is 998 g/mol. The molecule has 4 heterocycles. The van der Waals surface area contributed by atoms with Crippen molar-refractivity contribution in [3.63, 3.8) is 0 Å². The van der Waals surface area contributed by atoms with E-state index in [2.05, 4.69) is 21.2 Å². The Morgan fingerprint density at radius 1 is 0.559 bits per heavy atom. The van der Waals surface area contributed by atoms with Gasteiger partial charge < -0.3 is 131 Å². The first kappa shape index (κ1) is 59.4. The van der Waals surface area contributed by atoms with E-state index in [1.54, 1.807) is 0 Å². The highest BCUT2D eigenvalue weighted by Crippen LogP contribution is 2.32. The number of hydrogen-bond donors (Lipinski definition) is 14. The third-order valence-electron chi connectivity index (χ3n) is 11.7. The van der Waals surface area contributed by atoms with Crippen molar-refractivity contribution in [2.24, 2.45) is 16.3 Å². The molecule has 2 unspecified atom stereocenters. The van der Waals surface area contributed by atoms with Crippen LogP contribution in [0.4, 0.5) is 0 Å². The Hall–Kier alpha value is -2.88. The summed E-state index contributed by atoms with van der Waals surface area (Å²) >= 11 is 0. The zero-order valence-electron chi connectivity index (χ0n) is 38.1. The number of rotatable bonds is 24. The fourth-order valence-corrected chi connectivity index (χ4v) is 7.96. The quantitative estimate of drug-likeness (QED) is 0.0185. The lowest BCUT2D eigenvalue weighted by atomic mass is 9.94. The number of ether oxygens (including phenoxy) is 8. The molecule has 68 heavy (non-hydrogen) atoms. The van der Waals surface area contributed by atoms with E-state index in [1.165, 1.54) is 28.1 Å². The maximum atomic E-state index is 11.9. The molecule has 32 heteroatoms. The van der Waals surface area contributed by atoms with Gasteiger partial charge in [0.1, 0.15) is 104 Å². The van der Waals surface area contributed by atoms with Crippen molar-refractivity contribution >= 4 is 0 Å². The van der Waals surface area contributed by atoms with E-state index >= 15 is 0 Å². The Morgan fingerprint density at radius 3 is 1.43 bits per heavy atom. The summed E-state index contributed by atoms with van der Waals surface area (Å²) in [5.74, 6) is 0. The molecule has 0 aliphatic carbocycles. The summed E-state index contributed by atoms with van der Waals surface area (Å²) in [7, 11) is 2.57. The smallest absolute Gasteiger partial charge is 0.187 e. The SMILES string of the molecule is CO[C@H]1[C@H](O)[C@@H](O)[C@@H](OC2[C@@H](CO)O[C@H](C)[C@H](O)[C@H]2O)O[C@@H]1CN(CCNCCN)/[N+]([O-])=N/[O-].CO[C@H]1[C@H](O)[C@@H](O)[C@@H](OC2[C@@H](CO)O[C@H](C)[C@H](O)[C@H]2O)O[C@@H]1CNCCN(CCO)/[N+]([O-])=N/[O-]. The number of nitrogens with two attached hydrogens (primary N) is 1. The van der Waals surface area contributed by atoms with E-state index in [0.717, 1.165) is 10.0 Å². The third kappa shape index (κ3) is 15.6.